The van der Waals surface area contributed by atoms with E-state index in [0.29, 0.717) is 16.5 Å². The van der Waals surface area contributed by atoms with E-state index >= 15 is 0 Å². The van der Waals surface area contributed by atoms with Crippen molar-refractivity contribution in [3.63, 3.8) is 0 Å². The molecular weight excluding hydrogens is 364 g/mol. The number of hydrogen-bond donors (Lipinski definition) is 3. The maximum Gasteiger partial charge on any atom is 0.351 e. The number of halogens is 1. The molecular formula is C20H23ClN4O2+2. The number of rotatable bonds is 4. The molecule has 7 heteroatoms. The van der Waals surface area contributed by atoms with E-state index in [2.05, 4.69) is 23.3 Å². The normalized spacial score (nSPS) is 15.2. The van der Waals surface area contributed by atoms with Gasteiger partial charge in [-0.15, -0.1) is 0 Å². The van der Waals surface area contributed by atoms with Gasteiger partial charge in [0, 0.05) is 5.56 Å². The number of morpholine rings is 1. The minimum absolute atomic E-state index is 0.216. The van der Waals surface area contributed by atoms with E-state index in [0.717, 1.165) is 49.6 Å². The molecule has 1 aliphatic rings. The van der Waals surface area contributed by atoms with E-state index in [-0.39, 0.29) is 5.91 Å². The van der Waals surface area contributed by atoms with Crippen LogP contribution in [0.15, 0.2) is 42.6 Å². The first-order valence-corrected chi connectivity index (χ1v) is 9.50. The summed E-state index contributed by atoms with van der Waals surface area (Å²) in [4.78, 5) is 17.8. The third kappa shape index (κ3) is 3.69. The van der Waals surface area contributed by atoms with Crippen LogP contribution in [0.1, 0.15) is 21.9 Å². The standard InChI is InChI=1S/C20H21ClN4O2/c1-14-5-4-8-25-18(14)17(13-24-9-11-27-12-10-24)22-19(25)20(26)23-16-7-3-2-6-15(16)21/h2-8H,9-13H2,1H3,(H,23,26)/p+2. The lowest BCUT2D eigenvalue weighted by atomic mass is 10.2. The van der Waals surface area contributed by atoms with Crippen LogP contribution in [0.25, 0.3) is 5.52 Å². The van der Waals surface area contributed by atoms with Crippen molar-refractivity contribution in [3.8, 4) is 0 Å². The van der Waals surface area contributed by atoms with Crippen molar-refractivity contribution in [2.45, 2.75) is 13.5 Å². The van der Waals surface area contributed by atoms with Gasteiger partial charge in [0.2, 0.25) is 5.69 Å². The molecule has 1 saturated heterocycles. The lowest BCUT2D eigenvalue weighted by Crippen LogP contribution is -3.12. The van der Waals surface area contributed by atoms with Gasteiger partial charge in [0.05, 0.1) is 30.1 Å². The molecule has 1 fully saturated rings. The lowest BCUT2D eigenvalue weighted by molar-refractivity contribution is -0.921. The van der Waals surface area contributed by atoms with E-state index in [1.165, 1.54) is 4.90 Å². The highest BCUT2D eigenvalue weighted by Gasteiger charge is 2.29. The minimum atomic E-state index is -0.216. The van der Waals surface area contributed by atoms with Gasteiger partial charge >= 0.3 is 11.7 Å². The number of hydrogen-bond acceptors (Lipinski definition) is 2. The third-order valence-corrected chi connectivity index (χ3v) is 5.29. The molecule has 140 valence electrons. The van der Waals surface area contributed by atoms with Crippen molar-refractivity contribution in [2.75, 3.05) is 31.6 Å². The number of aryl methyl sites for hydroxylation is 1. The first kappa shape index (κ1) is 18.0. The Morgan fingerprint density at radius 3 is 2.81 bits per heavy atom. The largest absolute Gasteiger partial charge is 0.370 e. The van der Waals surface area contributed by atoms with E-state index in [9.17, 15) is 4.79 Å². The predicted octanol–water partition coefficient (Wildman–Crippen LogP) is 1.38. The molecule has 0 atom stereocenters. The Morgan fingerprint density at radius 2 is 2.04 bits per heavy atom. The van der Waals surface area contributed by atoms with Crippen molar-refractivity contribution in [3.05, 3.63) is 64.7 Å². The average Bonchev–Trinajstić information content (AvgIpc) is 3.04. The molecule has 1 aliphatic heterocycles. The fourth-order valence-electron chi connectivity index (χ4n) is 3.57. The fraction of sp³-hybridized carbons (Fsp3) is 0.300. The number of benzene rings is 1. The van der Waals surface area contributed by atoms with Gasteiger partial charge in [-0.05, 0) is 25.1 Å². The Labute approximate surface area is 162 Å². The summed E-state index contributed by atoms with van der Waals surface area (Å²) in [5, 5.41) is 3.42. The average molecular weight is 387 g/mol. The maximum absolute atomic E-state index is 12.9. The molecule has 3 N–H and O–H groups in total. The van der Waals surface area contributed by atoms with E-state index in [1.54, 1.807) is 12.1 Å². The second-order valence-electron chi connectivity index (χ2n) is 6.84. The molecule has 0 unspecified atom stereocenters. The van der Waals surface area contributed by atoms with Crippen molar-refractivity contribution in [2.24, 2.45) is 0 Å². The summed E-state index contributed by atoms with van der Waals surface area (Å²) < 4.78 is 7.38. The molecule has 0 radical (unpaired) electrons. The number of nitrogens with one attached hydrogen (secondary N) is 3. The van der Waals surface area contributed by atoms with Crippen LogP contribution < -0.4 is 14.6 Å². The number of amides is 1. The molecule has 2 aromatic heterocycles. The van der Waals surface area contributed by atoms with Crippen molar-refractivity contribution < 1.29 is 18.8 Å². The van der Waals surface area contributed by atoms with Crippen LogP contribution >= 0.6 is 11.6 Å². The number of ether oxygens (including phenoxy) is 1. The number of imidazole rings is 1. The predicted molar refractivity (Wildman–Crippen MR) is 103 cm³/mol. The van der Waals surface area contributed by atoms with Gasteiger partial charge in [-0.1, -0.05) is 29.8 Å². The first-order valence-electron chi connectivity index (χ1n) is 9.12. The number of anilines is 1. The Balaban J connectivity index is 1.69. The molecule has 4 rings (SSSR count). The van der Waals surface area contributed by atoms with Gasteiger partial charge in [-0.3, -0.25) is 4.79 Å². The highest BCUT2D eigenvalue weighted by Crippen LogP contribution is 2.21. The van der Waals surface area contributed by atoms with Crippen LogP contribution in [0.5, 0.6) is 0 Å². The fourth-order valence-corrected chi connectivity index (χ4v) is 3.76. The first-order chi connectivity index (χ1) is 13.1. The Kier molecular flexibility index (Phi) is 5.11. The van der Waals surface area contributed by atoms with Crippen LogP contribution in [-0.4, -0.2) is 37.2 Å². The molecule has 0 spiro atoms. The number of aromatic amines is 1. The molecule has 1 aromatic carbocycles. The summed E-state index contributed by atoms with van der Waals surface area (Å²) in [5.74, 6) is 0.281. The SMILES string of the molecule is Cc1ccc[n+]2c(C(=O)Nc3ccccc3Cl)[nH]c(C[NH+]3CCOCC3)c12. The molecule has 3 heterocycles. The van der Waals surface area contributed by atoms with Crippen molar-refractivity contribution >= 4 is 28.7 Å². The van der Waals surface area contributed by atoms with E-state index in [1.807, 2.05) is 28.8 Å². The van der Waals surface area contributed by atoms with Gasteiger partial charge < -0.3 is 15.0 Å². The van der Waals surface area contributed by atoms with Crippen LogP contribution in [0.2, 0.25) is 5.02 Å². The molecule has 6 nitrogen and oxygen atoms in total. The van der Waals surface area contributed by atoms with Gasteiger partial charge in [0.15, 0.2) is 5.52 Å². The summed E-state index contributed by atoms with van der Waals surface area (Å²) in [6.45, 7) is 6.39. The highest BCUT2D eigenvalue weighted by atomic mass is 35.5. The molecule has 3 aromatic rings. The zero-order chi connectivity index (χ0) is 18.8. The second kappa shape index (κ2) is 7.68. The third-order valence-electron chi connectivity index (χ3n) is 4.96. The topological polar surface area (TPSA) is 62.7 Å². The van der Waals surface area contributed by atoms with Crippen LogP contribution in [-0.2, 0) is 11.3 Å². The number of carbonyl (C=O) groups is 1. The second-order valence-corrected chi connectivity index (χ2v) is 7.24. The van der Waals surface area contributed by atoms with Gasteiger partial charge in [-0.25, -0.2) is 4.98 Å². The van der Waals surface area contributed by atoms with Crippen molar-refractivity contribution in [1.29, 1.82) is 0 Å². The van der Waals surface area contributed by atoms with E-state index in [4.69, 9.17) is 16.3 Å². The Hall–Kier alpha value is -2.41. The zero-order valence-electron chi connectivity index (χ0n) is 15.2. The zero-order valence-corrected chi connectivity index (χ0v) is 16.0. The van der Waals surface area contributed by atoms with Gasteiger partial charge in [-0.2, -0.15) is 4.40 Å². The molecule has 27 heavy (non-hydrogen) atoms. The molecule has 0 aliphatic carbocycles. The molecule has 0 saturated carbocycles. The number of quaternary nitrogens is 1. The lowest BCUT2D eigenvalue weighted by Gasteiger charge is -2.22. The van der Waals surface area contributed by atoms with Gasteiger partial charge in [0.1, 0.15) is 19.6 Å². The number of H-pyrrole nitrogens is 1. The summed E-state index contributed by atoms with van der Waals surface area (Å²) >= 11 is 6.19. The van der Waals surface area contributed by atoms with Crippen LogP contribution in [0.3, 0.4) is 0 Å². The Morgan fingerprint density at radius 1 is 1.26 bits per heavy atom. The summed E-state index contributed by atoms with van der Waals surface area (Å²) in [6.07, 6.45) is 1.92. The number of pyridine rings is 1. The van der Waals surface area contributed by atoms with Gasteiger partial charge in [0.25, 0.3) is 0 Å². The number of carbonyl (C=O) groups excluding carboxylic acids is 1. The van der Waals surface area contributed by atoms with E-state index < -0.39 is 0 Å². The van der Waals surface area contributed by atoms with Crippen LogP contribution in [0.4, 0.5) is 5.69 Å². The number of para-hydroxylation sites is 1. The smallest absolute Gasteiger partial charge is 0.351 e. The summed E-state index contributed by atoms with van der Waals surface area (Å²) in [5.41, 5.74) is 3.85. The molecule has 0 bridgehead atoms. The summed E-state index contributed by atoms with van der Waals surface area (Å²) in [7, 11) is 0. The number of nitrogens with zero attached hydrogens (tertiary/aromatic N) is 1. The minimum Gasteiger partial charge on any atom is -0.370 e. The quantitative estimate of drug-likeness (QED) is 0.593. The maximum atomic E-state index is 12.9. The summed E-state index contributed by atoms with van der Waals surface area (Å²) in [6, 6.07) is 11.3. The molecule has 1 amide bonds. The number of fused-ring (bicyclic) bond motifs is 1. The van der Waals surface area contributed by atoms with Crippen LogP contribution in [0, 0.1) is 6.92 Å². The Bertz CT molecular complexity index is 979. The highest BCUT2D eigenvalue weighted by molar-refractivity contribution is 6.33. The number of aromatic nitrogens is 2. The monoisotopic (exact) mass is 386 g/mol. The van der Waals surface area contributed by atoms with Crippen molar-refractivity contribution in [1.82, 2.24) is 4.98 Å².